The second-order valence-corrected chi connectivity index (χ2v) is 4.68. The van der Waals surface area contributed by atoms with Gasteiger partial charge in [0.1, 0.15) is 0 Å². The maximum Gasteiger partial charge on any atom is 0.272 e. The number of amides is 1. The Bertz CT molecular complexity index is 630. The summed E-state index contributed by atoms with van der Waals surface area (Å²) in [5, 5.41) is 12.8. The molecule has 0 aliphatic heterocycles. The second-order valence-electron chi connectivity index (χ2n) is 4.68. The molecule has 6 nitrogen and oxygen atoms in total. The number of nitrogens with zero attached hydrogens (tertiary/aromatic N) is 3. The van der Waals surface area contributed by atoms with Crippen molar-refractivity contribution in [1.82, 2.24) is 15.5 Å². The van der Waals surface area contributed by atoms with Gasteiger partial charge in [-0.2, -0.15) is 0 Å². The maximum atomic E-state index is 12.2. The van der Waals surface area contributed by atoms with E-state index >= 15 is 0 Å². The van der Waals surface area contributed by atoms with Crippen LogP contribution in [0.4, 0.5) is 5.82 Å². The fraction of sp³-hybridized carbons (Fsp3) is 0.400. The van der Waals surface area contributed by atoms with Crippen molar-refractivity contribution in [2.24, 2.45) is 0 Å². The van der Waals surface area contributed by atoms with Gasteiger partial charge >= 0.3 is 0 Å². The average molecular weight is 288 g/mol. The SMILES string of the molecule is CCN(C)c1nnc(C(=O)NCCOC)c2ccccc12. The molecule has 1 heterocycles. The summed E-state index contributed by atoms with van der Waals surface area (Å²) in [6.07, 6.45) is 0. The van der Waals surface area contributed by atoms with E-state index in [9.17, 15) is 4.79 Å². The van der Waals surface area contributed by atoms with Gasteiger partial charge in [0.25, 0.3) is 5.91 Å². The van der Waals surface area contributed by atoms with Crippen molar-refractivity contribution in [2.75, 3.05) is 38.8 Å². The van der Waals surface area contributed by atoms with Gasteiger partial charge in [0, 0.05) is 38.0 Å². The Morgan fingerprint density at radius 1 is 1.29 bits per heavy atom. The van der Waals surface area contributed by atoms with E-state index in [1.54, 1.807) is 7.11 Å². The van der Waals surface area contributed by atoms with Gasteiger partial charge in [-0.15, -0.1) is 10.2 Å². The first kappa shape index (κ1) is 15.2. The van der Waals surface area contributed by atoms with Gasteiger partial charge in [0.15, 0.2) is 11.5 Å². The topological polar surface area (TPSA) is 67.4 Å². The molecule has 0 saturated carbocycles. The maximum absolute atomic E-state index is 12.2. The summed E-state index contributed by atoms with van der Waals surface area (Å²) in [6, 6.07) is 7.68. The van der Waals surface area contributed by atoms with Crippen LogP contribution in [0.2, 0.25) is 0 Å². The summed E-state index contributed by atoms with van der Waals surface area (Å²) >= 11 is 0. The number of hydrogen-bond acceptors (Lipinski definition) is 5. The van der Waals surface area contributed by atoms with Crippen molar-refractivity contribution < 1.29 is 9.53 Å². The lowest BCUT2D eigenvalue weighted by molar-refractivity contribution is 0.0933. The molecular weight excluding hydrogens is 268 g/mol. The molecule has 0 radical (unpaired) electrons. The Balaban J connectivity index is 2.40. The number of carbonyl (C=O) groups is 1. The quantitative estimate of drug-likeness (QED) is 0.815. The van der Waals surface area contributed by atoms with Gasteiger partial charge < -0.3 is 15.0 Å². The summed E-state index contributed by atoms with van der Waals surface area (Å²) in [5.74, 6) is 0.544. The smallest absolute Gasteiger partial charge is 0.272 e. The third kappa shape index (κ3) is 3.28. The zero-order valence-electron chi connectivity index (χ0n) is 12.6. The summed E-state index contributed by atoms with van der Waals surface area (Å²) in [4.78, 5) is 14.2. The molecule has 2 rings (SSSR count). The lowest BCUT2D eigenvalue weighted by atomic mass is 10.1. The van der Waals surface area contributed by atoms with Crippen LogP contribution in [0.1, 0.15) is 17.4 Å². The summed E-state index contributed by atoms with van der Waals surface area (Å²) in [5.41, 5.74) is 0.343. The van der Waals surface area contributed by atoms with Crippen LogP contribution in [0.5, 0.6) is 0 Å². The number of ether oxygens (including phenoxy) is 1. The monoisotopic (exact) mass is 288 g/mol. The third-order valence-corrected chi connectivity index (χ3v) is 3.31. The van der Waals surface area contributed by atoms with Crippen LogP contribution in [0.15, 0.2) is 24.3 Å². The number of aromatic nitrogens is 2. The van der Waals surface area contributed by atoms with E-state index in [1.165, 1.54) is 0 Å². The molecule has 1 aromatic heterocycles. The van der Waals surface area contributed by atoms with Crippen LogP contribution in [0.25, 0.3) is 10.8 Å². The van der Waals surface area contributed by atoms with Crippen LogP contribution in [-0.4, -0.2) is 50.0 Å². The fourth-order valence-electron chi connectivity index (χ4n) is 2.04. The standard InChI is InChI=1S/C15H20N4O2/c1-4-19(2)14-12-8-6-5-7-11(12)13(17-18-14)15(20)16-9-10-21-3/h5-8H,4,9-10H2,1-3H3,(H,16,20). The van der Waals surface area contributed by atoms with Crippen molar-refractivity contribution in [3.63, 3.8) is 0 Å². The first-order valence-electron chi connectivity index (χ1n) is 6.92. The molecule has 0 unspecified atom stereocenters. The highest BCUT2D eigenvalue weighted by Gasteiger charge is 2.16. The van der Waals surface area contributed by atoms with Crippen molar-refractivity contribution in [3.8, 4) is 0 Å². The number of benzene rings is 1. The molecule has 1 N–H and O–H groups in total. The van der Waals surface area contributed by atoms with E-state index in [1.807, 2.05) is 43.1 Å². The average Bonchev–Trinajstić information content (AvgIpc) is 2.53. The van der Waals surface area contributed by atoms with E-state index < -0.39 is 0 Å². The zero-order valence-corrected chi connectivity index (χ0v) is 12.6. The van der Waals surface area contributed by atoms with Crippen LogP contribution in [0.3, 0.4) is 0 Å². The van der Waals surface area contributed by atoms with Crippen LogP contribution < -0.4 is 10.2 Å². The Morgan fingerprint density at radius 3 is 2.67 bits per heavy atom. The largest absolute Gasteiger partial charge is 0.383 e. The molecule has 0 atom stereocenters. The van der Waals surface area contributed by atoms with E-state index in [-0.39, 0.29) is 5.91 Å². The number of nitrogens with one attached hydrogen (secondary N) is 1. The molecule has 0 fully saturated rings. The minimum Gasteiger partial charge on any atom is -0.383 e. The molecule has 21 heavy (non-hydrogen) atoms. The Morgan fingerprint density at radius 2 is 2.00 bits per heavy atom. The lowest BCUT2D eigenvalue weighted by Gasteiger charge is -2.17. The van der Waals surface area contributed by atoms with Gasteiger partial charge in [0.05, 0.1) is 6.61 Å². The highest BCUT2D eigenvalue weighted by atomic mass is 16.5. The molecule has 0 saturated heterocycles. The number of rotatable bonds is 6. The van der Waals surface area contributed by atoms with Crippen molar-refractivity contribution >= 4 is 22.5 Å². The van der Waals surface area contributed by atoms with E-state index in [0.717, 1.165) is 23.1 Å². The molecule has 112 valence electrons. The molecule has 0 bridgehead atoms. The Kier molecular flexibility index (Phi) is 5.05. The van der Waals surface area contributed by atoms with Crippen LogP contribution in [-0.2, 0) is 4.74 Å². The molecule has 0 aliphatic rings. The normalized spacial score (nSPS) is 10.6. The Hall–Kier alpha value is -2.21. The van der Waals surface area contributed by atoms with Crippen molar-refractivity contribution in [3.05, 3.63) is 30.0 Å². The predicted molar refractivity (Wildman–Crippen MR) is 82.7 cm³/mol. The molecule has 1 aromatic carbocycles. The Labute approximate surface area is 124 Å². The first-order chi connectivity index (χ1) is 10.2. The number of carbonyl (C=O) groups excluding carboxylic acids is 1. The predicted octanol–water partition coefficient (Wildman–Crippen LogP) is 1.46. The van der Waals surface area contributed by atoms with Gasteiger partial charge in [-0.25, -0.2) is 0 Å². The van der Waals surface area contributed by atoms with Gasteiger partial charge in [-0.05, 0) is 6.92 Å². The minimum absolute atomic E-state index is 0.235. The summed E-state index contributed by atoms with van der Waals surface area (Å²) in [6.45, 7) is 3.77. The third-order valence-electron chi connectivity index (χ3n) is 3.31. The zero-order chi connectivity index (χ0) is 15.2. The number of methoxy groups -OCH3 is 1. The summed E-state index contributed by atoms with van der Waals surface area (Å²) < 4.78 is 4.92. The van der Waals surface area contributed by atoms with Gasteiger partial charge in [-0.3, -0.25) is 4.79 Å². The van der Waals surface area contributed by atoms with E-state index in [2.05, 4.69) is 15.5 Å². The van der Waals surface area contributed by atoms with Gasteiger partial charge in [-0.1, -0.05) is 24.3 Å². The highest BCUT2D eigenvalue weighted by Crippen LogP contribution is 2.24. The number of anilines is 1. The molecule has 6 heteroatoms. The molecule has 0 spiro atoms. The molecule has 1 amide bonds. The second kappa shape index (κ2) is 6.99. The van der Waals surface area contributed by atoms with Crippen LogP contribution in [0, 0.1) is 0 Å². The van der Waals surface area contributed by atoms with Crippen molar-refractivity contribution in [2.45, 2.75) is 6.92 Å². The number of fused-ring (bicyclic) bond motifs is 1. The highest BCUT2D eigenvalue weighted by molar-refractivity contribution is 6.07. The molecule has 0 aliphatic carbocycles. The van der Waals surface area contributed by atoms with Gasteiger partial charge in [0.2, 0.25) is 0 Å². The lowest BCUT2D eigenvalue weighted by Crippen LogP contribution is -2.28. The van der Waals surface area contributed by atoms with Crippen molar-refractivity contribution in [1.29, 1.82) is 0 Å². The van der Waals surface area contributed by atoms with Crippen LogP contribution >= 0.6 is 0 Å². The number of hydrogen-bond donors (Lipinski definition) is 1. The molecule has 2 aromatic rings. The van der Waals surface area contributed by atoms with E-state index in [0.29, 0.717) is 18.8 Å². The minimum atomic E-state index is -0.235. The van der Waals surface area contributed by atoms with E-state index in [4.69, 9.17) is 4.74 Å². The summed E-state index contributed by atoms with van der Waals surface area (Å²) in [7, 11) is 3.55. The molecular formula is C15H20N4O2. The fourth-order valence-corrected chi connectivity index (χ4v) is 2.04. The first-order valence-corrected chi connectivity index (χ1v) is 6.92.